The second-order valence-electron chi connectivity index (χ2n) is 11.5. The Hall–Kier alpha value is -2.62. The molecular weight excluding hydrogens is 526 g/mol. The van der Waals surface area contributed by atoms with Crippen LogP contribution in [0.3, 0.4) is 0 Å². The molecule has 2 aliphatic rings. The Morgan fingerprint density at radius 3 is 2.46 bits per heavy atom. The number of hydrogen-bond acceptors (Lipinski definition) is 6. The lowest BCUT2D eigenvalue weighted by atomic mass is 9.88. The monoisotopic (exact) mass is 565 g/mol. The van der Waals surface area contributed by atoms with Crippen LogP contribution < -0.4 is 4.90 Å². The van der Waals surface area contributed by atoms with Crippen molar-refractivity contribution in [2.45, 2.75) is 52.2 Å². The van der Waals surface area contributed by atoms with Crippen molar-refractivity contribution in [2.24, 2.45) is 0 Å². The van der Waals surface area contributed by atoms with Gasteiger partial charge in [0, 0.05) is 42.0 Å². The van der Waals surface area contributed by atoms with E-state index in [1.54, 1.807) is 28.0 Å². The van der Waals surface area contributed by atoms with E-state index in [9.17, 15) is 9.59 Å². The van der Waals surface area contributed by atoms with Crippen molar-refractivity contribution in [3.05, 3.63) is 63.0 Å². The number of anilines is 1. The van der Waals surface area contributed by atoms with Gasteiger partial charge in [0.25, 0.3) is 0 Å². The highest BCUT2D eigenvalue weighted by Gasteiger charge is 2.41. The van der Waals surface area contributed by atoms with Gasteiger partial charge in [0.2, 0.25) is 11.8 Å². The molecular formula is C30H39N5O2S2. The smallest absolute Gasteiger partial charge is 0.242 e. The van der Waals surface area contributed by atoms with Crippen molar-refractivity contribution in [3.63, 3.8) is 0 Å². The zero-order valence-electron chi connectivity index (χ0n) is 23.9. The van der Waals surface area contributed by atoms with Gasteiger partial charge < -0.3 is 9.80 Å². The molecule has 1 unspecified atom stereocenters. The molecule has 0 radical (unpaired) electrons. The van der Waals surface area contributed by atoms with E-state index in [1.165, 1.54) is 10.4 Å². The maximum Gasteiger partial charge on any atom is 0.242 e. The zero-order valence-corrected chi connectivity index (χ0v) is 25.5. The van der Waals surface area contributed by atoms with Gasteiger partial charge in [-0.25, -0.2) is 4.68 Å². The van der Waals surface area contributed by atoms with E-state index in [0.717, 1.165) is 48.0 Å². The second kappa shape index (κ2) is 11.1. The van der Waals surface area contributed by atoms with Gasteiger partial charge in [-0.3, -0.25) is 14.5 Å². The molecule has 4 heterocycles. The fraction of sp³-hybridized carbons (Fsp3) is 0.500. The van der Waals surface area contributed by atoms with Crippen LogP contribution >= 0.6 is 23.1 Å². The van der Waals surface area contributed by atoms with Crippen LogP contribution in [0.25, 0.3) is 5.69 Å². The summed E-state index contributed by atoms with van der Waals surface area (Å²) in [6, 6.07) is 10.5. The topological polar surface area (TPSA) is 61.7 Å². The van der Waals surface area contributed by atoms with E-state index < -0.39 is 0 Å². The molecule has 0 saturated carbocycles. The molecule has 0 aliphatic carbocycles. The van der Waals surface area contributed by atoms with Gasteiger partial charge in [-0.2, -0.15) is 5.10 Å². The van der Waals surface area contributed by atoms with Gasteiger partial charge in [0.05, 0.1) is 22.4 Å². The highest BCUT2D eigenvalue weighted by Crippen LogP contribution is 2.49. The van der Waals surface area contributed by atoms with E-state index in [4.69, 9.17) is 5.10 Å². The Kier molecular flexibility index (Phi) is 7.95. The van der Waals surface area contributed by atoms with E-state index >= 15 is 0 Å². The van der Waals surface area contributed by atoms with Gasteiger partial charge in [-0.05, 0) is 43.5 Å². The Labute approximate surface area is 240 Å². The van der Waals surface area contributed by atoms with Crippen LogP contribution in [0.4, 0.5) is 5.82 Å². The lowest BCUT2D eigenvalue weighted by Gasteiger charge is -2.35. The van der Waals surface area contributed by atoms with E-state index in [2.05, 4.69) is 82.2 Å². The first-order chi connectivity index (χ1) is 18.6. The van der Waals surface area contributed by atoms with Crippen LogP contribution in [0.1, 0.15) is 60.2 Å². The van der Waals surface area contributed by atoms with Gasteiger partial charge in [0.1, 0.15) is 12.4 Å². The van der Waals surface area contributed by atoms with Gasteiger partial charge in [-0.15, -0.1) is 23.1 Å². The summed E-state index contributed by atoms with van der Waals surface area (Å²) in [7, 11) is 0. The lowest BCUT2D eigenvalue weighted by molar-refractivity contribution is -0.132. The number of rotatable bonds is 5. The van der Waals surface area contributed by atoms with Crippen LogP contribution in [0.2, 0.25) is 0 Å². The van der Waals surface area contributed by atoms with Gasteiger partial charge in [0.15, 0.2) is 0 Å². The summed E-state index contributed by atoms with van der Waals surface area (Å²) in [5.41, 5.74) is 4.94. The number of piperazine rings is 1. The number of likely N-dealkylation sites (N-methyl/N-ethyl adjacent to an activating group) is 1. The Morgan fingerprint density at radius 2 is 1.85 bits per heavy atom. The second-order valence-corrected chi connectivity index (χ2v) is 13.6. The minimum absolute atomic E-state index is 0.00434. The van der Waals surface area contributed by atoms with Crippen molar-refractivity contribution < 1.29 is 9.59 Å². The molecule has 7 nitrogen and oxygen atoms in total. The maximum atomic E-state index is 13.9. The zero-order chi connectivity index (χ0) is 27.9. The summed E-state index contributed by atoms with van der Waals surface area (Å²) >= 11 is 3.35. The van der Waals surface area contributed by atoms with Crippen LogP contribution in [0, 0.1) is 13.8 Å². The summed E-state index contributed by atoms with van der Waals surface area (Å²) in [6.45, 7) is 17.0. The molecule has 0 spiro atoms. The molecule has 39 heavy (non-hydrogen) atoms. The molecule has 1 atom stereocenters. The third kappa shape index (κ3) is 5.54. The lowest BCUT2D eigenvalue weighted by Crippen LogP contribution is -2.52. The summed E-state index contributed by atoms with van der Waals surface area (Å²) < 4.78 is 1.94. The molecule has 1 fully saturated rings. The van der Waals surface area contributed by atoms with Crippen LogP contribution in [0.15, 0.2) is 35.7 Å². The van der Waals surface area contributed by atoms with E-state index in [-0.39, 0.29) is 29.0 Å². The number of carbonyl (C=O) groups excluding carboxylic acids is 2. The summed E-state index contributed by atoms with van der Waals surface area (Å²) in [4.78, 5) is 34.8. The minimum atomic E-state index is -0.260. The quantitative estimate of drug-likeness (QED) is 0.427. The third-order valence-corrected chi connectivity index (χ3v) is 9.97. The first-order valence-corrected chi connectivity index (χ1v) is 15.7. The van der Waals surface area contributed by atoms with Crippen molar-refractivity contribution >= 4 is 40.7 Å². The van der Waals surface area contributed by atoms with E-state index in [1.807, 2.05) is 9.58 Å². The van der Waals surface area contributed by atoms with Gasteiger partial charge in [-0.1, -0.05) is 51.5 Å². The highest BCUT2D eigenvalue weighted by molar-refractivity contribution is 8.00. The minimum Gasteiger partial charge on any atom is -0.339 e. The SMILES string of the molecule is CCN1CCN(C(=O)CN2C(=O)CSC(c3cccs3)c3c(C(C)(C)C)nn(-c4ccc(C)cc4C)c32)CC1. The molecule has 1 saturated heterocycles. The standard InChI is InChI=1S/C30H39N5O2S2/c1-7-32-12-14-33(15-13-32)24(36)18-34-25(37)19-39-27(23-9-8-16-38-23)26-28(30(4,5)6)31-35(29(26)34)22-11-10-20(2)17-21(22)3/h8-11,16-17,27H,7,12-15,18-19H2,1-6H3. The third-order valence-electron chi connectivity index (χ3n) is 7.65. The molecule has 9 heteroatoms. The maximum absolute atomic E-state index is 13.9. The molecule has 0 N–H and O–H groups in total. The molecule has 208 valence electrons. The van der Waals surface area contributed by atoms with Crippen molar-refractivity contribution in [1.82, 2.24) is 19.6 Å². The number of benzene rings is 1. The molecule has 2 aromatic heterocycles. The van der Waals surface area contributed by atoms with Crippen molar-refractivity contribution in [3.8, 4) is 5.69 Å². The number of amides is 2. The largest absolute Gasteiger partial charge is 0.339 e. The average Bonchev–Trinajstić information content (AvgIpc) is 3.54. The number of thioether (sulfide) groups is 1. The Balaban J connectivity index is 1.67. The number of aromatic nitrogens is 2. The molecule has 0 bridgehead atoms. The number of carbonyl (C=O) groups is 2. The number of hydrogen-bond donors (Lipinski definition) is 0. The van der Waals surface area contributed by atoms with Crippen molar-refractivity contribution in [2.75, 3.05) is 49.9 Å². The number of nitrogens with zero attached hydrogens (tertiary/aromatic N) is 5. The number of fused-ring (bicyclic) bond motifs is 1. The Morgan fingerprint density at radius 1 is 1.10 bits per heavy atom. The number of aryl methyl sites for hydroxylation is 2. The van der Waals surface area contributed by atoms with Crippen molar-refractivity contribution in [1.29, 1.82) is 0 Å². The molecule has 2 amide bonds. The van der Waals surface area contributed by atoms with Crippen LogP contribution in [-0.2, 0) is 15.0 Å². The molecule has 3 aromatic rings. The fourth-order valence-corrected chi connectivity index (χ4v) is 7.67. The first-order valence-electron chi connectivity index (χ1n) is 13.7. The predicted octanol–water partition coefficient (Wildman–Crippen LogP) is 5.18. The van der Waals surface area contributed by atoms with Crippen LogP contribution in [0.5, 0.6) is 0 Å². The average molecular weight is 566 g/mol. The normalized spacial score (nSPS) is 18.8. The van der Waals surface area contributed by atoms with Crippen LogP contribution in [-0.4, -0.2) is 76.4 Å². The molecule has 2 aliphatic heterocycles. The highest BCUT2D eigenvalue weighted by atomic mass is 32.2. The summed E-state index contributed by atoms with van der Waals surface area (Å²) in [5, 5.41) is 7.29. The van der Waals surface area contributed by atoms with E-state index in [0.29, 0.717) is 18.8 Å². The summed E-state index contributed by atoms with van der Waals surface area (Å²) in [6.07, 6.45) is 0. The Bertz CT molecular complexity index is 1350. The number of thiophene rings is 1. The fourth-order valence-electron chi connectivity index (χ4n) is 5.50. The predicted molar refractivity (Wildman–Crippen MR) is 161 cm³/mol. The molecule has 5 rings (SSSR count). The first kappa shape index (κ1) is 27.9. The van der Waals surface area contributed by atoms with Gasteiger partial charge >= 0.3 is 0 Å². The summed E-state index contributed by atoms with van der Waals surface area (Å²) in [5.74, 6) is 0.994. The molecule has 1 aromatic carbocycles.